The monoisotopic (exact) mass is 215 g/mol. The molecule has 0 aromatic heterocycles. The number of ether oxygens (including phenoxy) is 1. The Hall–Kier alpha value is -0.770. The summed E-state index contributed by atoms with van der Waals surface area (Å²) in [5.41, 5.74) is -0.444. The molecular formula is C11H21NO3. The smallest absolute Gasteiger partial charge is 0.410 e. The van der Waals surface area contributed by atoms with Crippen LogP contribution in [0.25, 0.3) is 0 Å². The summed E-state index contributed by atoms with van der Waals surface area (Å²) < 4.78 is 5.26. The lowest BCUT2D eigenvalue weighted by Crippen LogP contribution is -2.36. The normalized spacial score (nSPS) is 24.1. The highest BCUT2D eigenvalue weighted by Gasteiger charge is 2.31. The zero-order valence-corrected chi connectivity index (χ0v) is 9.99. The van der Waals surface area contributed by atoms with Crippen LogP contribution in [0.4, 0.5) is 4.79 Å². The topological polar surface area (TPSA) is 49.8 Å². The lowest BCUT2D eigenvalue weighted by Gasteiger charge is -2.24. The van der Waals surface area contributed by atoms with Gasteiger partial charge in [-0.05, 0) is 34.1 Å². The van der Waals surface area contributed by atoms with E-state index in [1.165, 1.54) is 0 Å². The Kier molecular flexibility index (Phi) is 3.60. The van der Waals surface area contributed by atoms with E-state index < -0.39 is 5.60 Å². The van der Waals surface area contributed by atoms with Gasteiger partial charge in [-0.1, -0.05) is 0 Å². The molecule has 0 bridgehead atoms. The summed E-state index contributed by atoms with van der Waals surface area (Å²) in [5.74, 6) is 0.192. The van der Waals surface area contributed by atoms with Gasteiger partial charge < -0.3 is 14.7 Å². The van der Waals surface area contributed by atoms with E-state index in [2.05, 4.69) is 0 Å². The summed E-state index contributed by atoms with van der Waals surface area (Å²) >= 11 is 0. The van der Waals surface area contributed by atoms with Crippen LogP contribution >= 0.6 is 0 Å². The van der Waals surface area contributed by atoms with Crippen molar-refractivity contribution in [3.05, 3.63) is 0 Å². The van der Waals surface area contributed by atoms with E-state index in [1.54, 1.807) is 11.8 Å². The van der Waals surface area contributed by atoms with Crippen molar-refractivity contribution in [3.8, 4) is 0 Å². The summed E-state index contributed by atoms with van der Waals surface area (Å²) in [5, 5.41) is 9.41. The third-order valence-electron chi connectivity index (χ3n) is 2.56. The van der Waals surface area contributed by atoms with E-state index in [0.29, 0.717) is 13.1 Å². The standard InChI is InChI=1S/C11H21NO3/c1-8(13)9-5-6-12(7-9)10(14)15-11(2,3)4/h8-9,13H,5-7H2,1-4H3/t8?,9-/m1/s1. The molecule has 4 heteroatoms. The summed E-state index contributed by atoms with van der Waals surface area (Å²) in [6.45, 7) is 8.62. The third kappa shape index (κ3) is 3.70. The van der Waals surface area contributed by atoms with Crippen LogP contribution in [0.1, 0.15) is 34.1 Å². The van der Waals surface area contributed by atoms with Gasteiger partial charge in [0, 0.05) is 19.0 Å². The van der Waals surface area contributed by atoms with Crippen molar-refractivity contribution in [1.82, 2.24) is 4.90 Å². The van der Waals surface area contributed by atoms with Gasteiger partial charge in [0.2, 0.25) is 0 Å². The molecule has 1 rings (SSSR count). The minimum Gasteiger partial charge on any atom is -0.444 e. The number of aliphatic hydroxyl groups is 1. The van der Waals surface area contributed by atoms with E-state index in [1.807, 2.05) is 20.8 Å². The quantitative estimate of drug-likeness (QED) is 0.723. The van der Waals surface area contributed by atoms with Crippen LogP contribution in [-0.4, -0.2) is 40.9 Å². The van der Waals surface area contributed by atoms with Gasteiger partial charge in [0.05, 0.1) is 6.10 Å². The number of hydrogen-bond acceptors (Lipinski definition) is 3. The second-order valence-corrected chi connectivity index (χ2v) is 5.22. The maximum absolute atomic E-state index is 11.7. The van der Waals surface area contributed by atoms with Gasteiger partial charge >= 0.3 is 6.09 Å². The number of likely N-dealkylation sites (tertiary alicyclic amines) is 1. The van der Waals surface area contributed by atoms with Gasteiger partial charge in [-0.3, -0.25) is 0 Å². The Morgan fingerprint density at radius 3 is 2.53 bits per heavy atom. The van der Waals surface area contributed by atoms with Crippen LogP contribution in [0.15, 0.2) is 0 Å². The molecule has 1 saturated heterocycles. The van der Waals surface area contributed by atoms with E-state index in [4.69, 9.17) is 4.74 Å². The van der Waals surface area contributed by atoms with Crippen molar-refractivity contribution in [1.29, 1.82) is 0 Å². The molecule has 1 unspecified atom stereocenters. The number of carbonyl (C=O) groups is 1. The molecular weight excluding hydrogens is 194 g/mol. The van der Waals surface area contributed by atoms with Gasteiger partial charge in [-0.15, -0.1) is 0 Å². The molecule has 1 amide bonds. The highest BCUT2D eigenvalue weighted by atomic mass is 16.6. The first-order valence-corrected chi connectivity index (χ1v) is 5.45. The molecule has 15 heavy (non-hydrogen) atoms. The Morgan fingerprint density at radius 1 is 1.53 bits per heavy atom. The van der Waals surface area contributed by atoms with Gasteiger partial charge in [0.25, 0.3) is 0 Å². The maximum atomic E-state index is 11.7. The zero-order chi connectivity index (χ0) is 11.6. The summed E-state index contributed by atoms with van der Waals surface area (Å²) in [4.78, 5) is 13.3. The third-order valence-corrected chi connectivity index (χ3v) is 2.56. The van der Waals surface area contributed by atoms with Crippen molar-refractivity contribution < 1.29 is 14.6 Å². The number of carbonyl (C=O) groups excluding carboxylic acids is 1. The zero-order valence-electron chi connectivity index (χ0n) is 9.99. The first kappa shape index (κ1) is 12.3. The van der Waals surface area contributed by atoms with Crippen LogP contribution in [0.3, 0.4) is 0 Å². The summed E-state index contributed by atoms with van der Waals surface area (Å²) in [6.07, 6.45) is 0.236. The van der Waals surface area contributed by atoms with Gasteiger partial charge in [0.15, 0.2) is 0 Å². The molecule has 2 atom stereocenters. The van der Waals surface area contributed by atoms with Crippen molar-refractivity contribution >= 4 is 6.09 Å². The average Bonchev–Trinajstić information content (AvgIpc) is 2.47. The number of nitrogens with zero attached hydrogens (tertiary/aromatic N) is 1. The first-order chi connectivity index (χ1) is 6.79. The molecule has 1 heterocycles. The largest absolute Gasteiger partial charge is 0.444 e. The molecule has 1 aliphatic rings. The maximum Gasteiger partial charge on any atom is 0.410 e. The summed E-state index contributed by atoms with van der Waals surface area (Å²) in [7, 11) is 0. The molecule has 4 nitrogen and oxygen atoms in total. The van der Waals surface area contributed by atoms with Gasteiger partial charge in [-0.2, -0.15) is 0 Å². The van der Waals surface area contributed by atoms with E-state index in [9.17, 15) is 9.90 Å². The van der Waals surface area contributed by atoms with Crippen LogP contribution in [-0.2, 0) is 4.74 Å². The molecule has 0 saturated carbocycles. The highest BCUT2D eigenvalue weighted by Crippen LogP contribution is 2.21. The molecule has 1 N–H and O–H groups in total. The minimum absolute atomic E-state index is 0.192. The molecule has 1 aliphatic heterocycles. The molecule has 0 radical (unpaired) electrons. The minimum atomic E-state index is -0.444. The molecule has 0 spiro atoms. The lowest BCUT2D eigenvalue weighted by atomic mass is 10.0. The summed E-state index contributed by atoms with van der Waals surface area (Å²) in [6, 6.07) is 0. The van der Waals surface area contributed by atoms with Crippen molar-refractivity contribution in [2.75, 3.05) is 13.1 Å². The van der Waals surface area contributed by atoms with E-state index >= 15 is 0 Å². The molecule has 0 aromatic carbocycles. The number of aliphatic hydroxyl groups excluding tert-OH is 1. The van der Waals surface area contributed by atoms with E-state index in [-0.39, 0.29) is 18.1 Å². The Labute approximate surface area is 91.2 Å². The molecule has 88 valence electrons. The van der Waals surface area contributed by atoms with E-state index in [0.717, 1.165) is 6.42 Å². The number of amides is 1. The van der Waals surface area contributed by atoms with Crippen molar-refractivity contribution in [2.45, 2.75) is 45.8 Å². The number of hydrogen-bond donors (Lipinski definition) is 1. The molecule has 0 aliphatic carbocycles. The highest BCUT2D eigenvalue weighted by molar-refractivity contribution is 5.68. The van der Waals surface area contributed by atoms with Crippen LogP contribution in [0, 0.1) is 5.92 Å². The fourth-order valence-corrected chi connectivity index (χ4v) is 1.67. The van der Waals surface area contributed by atoms with Crippen LogP contribution in [0.2, 0.25) is 0 Å². The molecule has 0 aromatic rings. The first-order valence-electron chi connectivity index (χ1n) is 5.45. The lowest BCUT2D eigenvalue weighted by molar-refractivity contribution is 0.0273. The van der Waals surface area contributed by atoms with Gasteiger partial charge in [0.1, 0.15) is 5.60 Å². The molecule has 1 fully saturated rings. The Balaban J connectivity index is 2.44. The van der Waals surface area contributed by atoms with Crippen LogP contribution in [0.5, 0.6) is 0 Å². The second kappa shape index (κ2) is 4.39. The van der Waals surface area contributed by atoms with Crippen molar-refractivity contribution in [2.24, 2.45) is 5.92 Å². The van der Waals surface area contributed by atoms with Crippen molar-refractivity contribution in [3.63, 3.8) is 0 Å². The SMILES string of the molecule is CC(O)[C@@H]1CCN(C(=O)OC(C)(C)C)C1. The fraction of sp³-hybridized carbons (Fsp3) is 0.909. The second-order valence-electron chi connectivity index (χ2n) is 5.22. The predicted molar refractivity (Wildman–Crippen MR) is 57.6 cm³/mol. The van der Waals surface area contributed by atoms with Gasteiger partial charge in [-0.25, -0.2) is 4.79 Å². The Morgan fingerprint density at radius 2 is 2.13 bits per heavy atom. The Bertz CT molecular complexity index is 232. The average molecular weight is 215 g/mol. The van der Waals surface area contributed by atoms with Crippen LogP contribution < -0.4 is 0 Å². The predicted octanol–water partition coefficient (Wildman–Crippen LogP) is 1.62. The number of rotatable bonds is 1. The fourth-order valence-electron chi connectivity index (χ4n) is 1.67.